The van der Waals surface area contributed by atoms with E-state index in [1.165, 1.54) is 9.75 Å². The van der Waals surface area contributed by atoms with E-state index in [1.54, 1.807) is 22.7 Å². The Morgan fingerprint density at radius 1 is 1.39 bits per heavy atom. The van der Waals surface area contributed by atoms with Crippen molar-refractivity contribution in [1.29, 1.82) is 5.26 Å². The molecule has 2 aromatic rings. The first-order chi connectivity index (χ1) is 8.70. The van der Waals surface area contributed by atoms with Crippen molar-refractivity contribution in [2.24, 2.45) is 5.92 Å². The second-order valence-corrected chi connectivity index (χ2v) is 6.51. The quantitative estimate of drug-likeness (QED) is 0.889. The predicted molar refractivity (Wildman–Crippen MR) is 77.8 cm³/mol. The number of rotatable bonds is 5. The van der Waals surface area contributed by atoms with Gasteiger partial charge in [0.05, 0.1) is 5.56 Å². The highest BCUT2D eigenvalue weighted by Gasteiger charge is 2.16. The standard InChI is InChI=1S/C14H16N2S2/c1-10(2)14(13-4-3-5-17-13)16-8-12-6-11(7-15)9-18-12/h3-6,9-10,14,16H,8H2,1-2H3. The Balaban J connectivity index is 2.00. The Bertz CT molecular complexity index is 520. The molecule has 0 aliphatic heterocycles. The molecule has 1 atom stereocenters. The summed E-state index contributed by atoms with van der Waals surface area (Å²) in [4.78, 5) is 2.59. The molecule has 0 bridgehead atoms. The molecule has 0 aliphatic rings. The SMILES string of the molecule is CC(C)C(NCc1cc(C#N)cs1)c1cccs1. The molecule has 2 aromatic heterocycles. The smallest absolute Gasteiger partial charge is 0.100 e. The number of hydrogen-bond donors (Lipinski definition) is 1. The van der Waals surface area contributed by atoms with Crippen LogP contribution in [0.3, 0.4) is 0 Å². The van der Waals surface area contributed by atoms with Crippen molar-refractivity contribution in [3.63, 3.8) is 0 Å². The fraction of sp³-hybridized carbons (Fsp3) is 0.357. The van der Waals surface area contributed by atoms with Gasteiger partial charge in [-0.2, -0.15) is 5.26 Å². The Morgan fingerprint density at radius 2 is 2.22 bits per heavy atom. The van der Waals surface area contributed by atoms with Gasteiger partial charge in [0.25, 0.3) is 0 Å². The highest BCUT2D eigenvalue weighted by molar-refractivity contribution is 7.10. The highest BCUT2D eigenvalue weighted by atomic mass is 32.1. The van der Waals surface area contributed by atoms with Crippen molar-refractivity contribution in [3.05, 3.63) is 44.3 Å². The molecule has 18 heavy (non-hydrogen) atoms. The lowest BCUT2D eigenvalue weighted by Crippen LogP contribution is -2.24. The Morgan fingerprint density at radius 3 is 2.78 bits per heavy atom. The minimum atomic E-state index is 0.387. The van der Waals surface area contributed by atoms with E-state index in [9.17, 15) is 0 Å². The van der Waals surface area contributed by atoms with Crippen molar-refractivity contribution >= 4 is 22.7 Å². The fourth-order valence-corrected chi connectivity index (χ4v) is 3.61. The average molecular weight is 276 g/mol. The third-order valence-corrected chi connectivity index (χ3v) is 4.69. The van der Waals surface area contributed by atoms with E-state index < -0.39 is 0 Å². The van der Waals surface area contributed by atoms with Crippen molar-refractivity contribution in [1.82, 2.24) is 5.32 Å². The van der Waals surface area contributed by atoms with Crippen molar-refractivity contribution in [3.8, 4) is 6.07 Å². The number of nitriles is 1. The molecule has 0 aromatic carbocycles. The molecule has 0 amide bonds. The molecule has 0 aliphatic carbocycles. The van der Waals surface area contributed by atoms with Gasteiger partial charge >= 0.3 is 0 Å². The van der Waals surface area contributed by atoms with Crippen LogP contribution in [0.1, 0.15) is 35.2 Å². The molecule has 94 valence electrons. The second-order valence-electron chi connectivity index (χ2n) is 4.53. The fourth-order valence-electron chi connectivity index (χ4n) is 1.88. The summed E-state index contributed by atoms with van der Waals surface area (Å²) in [5, 5.41) is 16.4. The van der Waals surface area contributed by atoms with E-state index >= 15 is 0 Å². The highest BCUT2D eigenvalue weighted by Crippen LogP contribution is 2.26. The zero-order chi connectivity index (χ0) is 13.0. The zero-order valence-corrected chi connectivity index (χ0v) is 12.1. The average Bonchev–Trinajstić information content (AvgIpc) is 2.99. The maximum Gasteiger partial charge on any atom is 0.100 e. The zero-order valence-electron chi connectivity index (χ0n) is 10.5. The van der Waals surface area contributed by atoms with Gasteiger partial charge in [0, 0.05) is 27.7 Å². The Hall–Kier alpha value is -1.15. The molecule has 0 saturated carbocycles. The van der Waals surface area contributed by atoms with Crippen molar-refractivity contribution in [2.75, 3.05) is 0 Å². The van der Waals surface area contributed by atoms with E-state index in [1.807, 2.05) is 11.4 Å². The van der Waals surface area contributed by atoms with E-state index in [0.717, 1.165) is 12.1 Å². The molecule has 1 N–H and O–H groups in total. The van der Waals surface area contributed by atoms with Crippen LogP contribution in [0.25, 0.3) is 0 Å². The van der Waals surface area contributed by atoms with Gasteiger partial charge in [0.15, 0.2) is 0 Å². The first-order valence-electron chi connectivity index (χ1n) is 5.95. The number of nitrogens with one attached hydrogen (secondary N) is 1. The summed E-state index contributed by atoms with van der Waals surface area (Å²) in [7, 11) is 0. The monoisotopic (exact) mass is 276 g/mol. The third-order valence-electron chi connectivity index (χ3n) is 2.80. The van der Waals surface area contributed by atoms with E-state index in [-0.39, 0.29) is 0 Å². The van der Waals surface area contributed by atoms with Gasteiger partial charge in [-0.05, 0) is 23.4 Å². The third kappa shape index (κ3) is 3.20. The number of thiophene rings is 2. The Kier molecular flexibility index (Phi) is 4.54. The lowest BCUT2D eigenvalue weighted by atomic mass is 10.0. The van der Waals surface area contributed by atoms with Crippen LogP contribution in [0.15, 0.2) is 29.0 Å². The summed E-state index contributed by atoms with van der Waals surface area (Å²) >= 11 is 3.44. The van der Waals surface area contributed by atoms with Crippen LogP contribution in [0, 0.1) is 17.2 Å². The largest absolute Gasteiger partial charge is 0.304 e. The van der Waals surface area contributed by atoms with Crippen LogP contribution in [0.5, 0.6) is 0 Å². The van der Waals surface area contributed by atoms with Crippen LogP contribution < -0.4 is 5.32 Å². The maximum absolute atomic E-state index is 8.80. The molecule has 0 spiro atoms. The lowest BCUT2D eigenvalue weighted by molar-refractivity contribution is 0.418. The summed E-state index contributed by atoms with van der Waals surface area (Å²) in [6.07, 6.45) is 0. The molecule has 0 saturated heterocycles. The summed E-state index contributed by atoms with van der Waals surface area (Å²) in [5.74, 6) is 0.555. The van der Waals surface area contributed by atoms with Gasteiger partial charge in [0.2, 0.25) is 0 Å². The molecular formula is C14H16N2S2. The van der Waals surface area contributed by atoms with Crippen LogP contribution in [-0.2, 0) is 6.54 Å². The van der Waals surface area contributed by atoms with Gasteiger partial charge in [0.1, 0.15) is 6.07 Å². The van der Waals surface area contributed by atoms with Crippen LogP contribution in [-0.4, -0.2) is 0 Å². The molecule has 2 rings (SSSR count). The van der Waals surface area contributed by atoms with Gasteiger partial charge in [-0.3, -0.25) is 0 Å². The topological polar surface area (TPSA) is 35.8 Å². The molecule has 2 heterocycles. The molecular weight excluding hydrogens is 260 g/mol. The van der Waals surface area contributed by atoms with E-state index in [0.29, 0.717) is 12.0 Å². The van der Waals surface area contributed by atoms with Crippen molar-refractivity contribution < 1.29 is 0 Å². The summed E-state index contributed by atoms with van der Waals surface area (Å²) in [6.45, 7) is 5.28. The first-order valence-corrected chi connectivity index (χ1v) is 7.71. The molecule has 2 nitrogen and oxygen atoms in total. The number of nitrogens with zero attached hydrogens (tertiary/aromatic N) is 1. The lowest BCUT2D eigenvalue weighted by Gasteiger charge is -2.20. The van der Waals surface area contributed by atoms with E-state index in [2.05, 4.69) is 42.7 Å². The molecule has 1 unspecified atom stereocenters. The molecule has 4 heteroatoms. The van der Waals surface area contributed by atoms with E-state index in [4.69, 9.17) is 5.26 Å². The first kappa shape index (κ1) is 13.3. The molecule has 0 fully saturated rings. The minimum absolute atomic E-state index is 0.387. The van der Waals surface area contributed by atoms with Gasteiger partial charge < -0.3 is 5.32 Å². The minimum Gasteiger partial charge on any atom is -0.304 e. The Labute approximate surface area is 116 Å². The normalized spacial score (nSPS) is 12.6. The predicted octanol–water partition coefficient (Wildman–Crippen LogP) is 4.17. The van der Waals surface area contributed by atoms with Gasteiger partial charge in [-0.1, -0.05) is 19.9 Å². The summed E-state index contributed by atoms with van der Waals surface area (Å²) < 4.78 is 0. The number of hydrogen-bond acceptors (Lipinski definition) is 4. The van der Waals surface area contributed by atoms with Gasteiger partial charge in [-0.15, -0.1) is 22.7 Å². The summed E-state index contributed by atoms with van der Waals surface area (Å²) in [5.41, 5.74) is 0.758. The van der Waals surface area contributed by atoms with Crippen LogP contribution in [0.2, 0.25) is 0 Å². The maximum atomic E-state index is 8.80. The van der Waals surface area contributed by atoms with Crippen LogP contribution >= 0.6 is 22.7 Å². The van der Waals surface area contributed by atoms with Crippen molar-refractivity contribution in [2.45, 2.75) is 26.4 Å². The summed E-state index contributed by atoms with van der Waals surface area (Å²) in [6, 6.07) is 8.79. The van der Waals surface area contributed by atoms with Crippen LogP contribution in [0.4, 0.5) is 0 Å². The van der Waals surface area contributed by atoms with Gasteiger partial charge in [-0.25, -0.2) is 0 Å². The molecule has 0 radical (unpaired) electrons. The second kappa shape index (κ2) is 6.14.